The van der Waals surface area contributed by atoms with E-state index < -0.39 is 20.5 Å². The van der Waals surface area contributed by atoms with E-state index in [0.29, 0.717) is 5.56 Å². The Morgan fingerprint density at radius 1 is 0.325 bits per heavy atom. The van der Waals surface area contributed by atoms with Crippen molar-refractivity contribution in [3.8, 4) is 22.6 Å². The summed E-state index contributed by atoms with van der Waals surface area (Å²) in [7, 11) is 18.7. The predicted octanol–water partition coefficient (Wildman–Crippen LogP) is -0.651. The first kappa shape index (κ1) is 123. The first-order chi connectivity index (χ1) is 55.7. The SMILES string of the molecule is C=C.C=C.C=C.C=C.C=C.CN(C)c1ccc(/C=C/c2ccc(/C=C/c3cc(-c4ccc(N(C)C)cc4)[o+]c(-c4ccc(N(C)C)cc4)c3)cc2)cc1.CN(C)c1ccc(/C=C/c2ccc(C=O)cc2)cc1.CN(C)c1ccc(C2=CC(=c3ccc(=CC=[N+](C)C)cc3)C=C(c3ccc(N(C)C)cc3)O2)cc1.[I-].[I-].[Na+].[Na+].[O-][Cl+3]([O-])([O-])[O-].[O-][Cl+3]([O-])([O-])[O-].[SH-].[SH-]. The summed E-state index contributed by atoms with van der Waals surface area (Å²) >= 11 is 0. The molecule has 0 N–H and O–H groups in total. The quantitative estimate of drug-likeness (QED) is 0.00990. The zero-order valence-electron chi connectivity index (χ0n) is 73.4. The molecule has 9 aromatic carbocycles. The number of hydrogen-bond acceptors (Lipinski definition) is 18. The topological polar surface area (TPSA) is 245 Å². The Balaban J connectivity index is -0.000000519. The Bertz CT molecular complexity index is 4760. The summed E-state index contributed by atoms with van der Waals surface area (Å²) in [5.74, 6) is 3.35. The number of benzene rings is 9. The zero-order valence-corrected chi connectivity index (χ0v) is 85.0. The number of hydrogen-bond donors (Lipinski definition) is 0. The zero-order chi connectivity index (χ0) is 88.0. The summed E-state index contributed by atoms with van der Waals surface area (Å²) in [6.07, 6.45) is 22.0. The summed E-state index contributed by atoms with van der Waals surface area (Å²) in [5.41, 5.74) is 19.8. The second kappa shape index (κ2) is 66.1. The average Bonchev–Trinajstić information content (AvgIpc) is 0.798. The summed E-state index contributed by atoms with van der Waals surface area (Å²) in [4.78, 5) is 23.1. The van der Waals surface area contributed by atoms with Gasteiger partial charge in [0, 0.05) is 141 Å². The van der Waals surface area contributed by atoms with Gasteiger partial charge in [-0.05, 0) is 183 Å². The first-order valence-corrected chi connectivity index (χ1v) is 38.7. The molecule has 0 unspecified atom stereocenters. The van der Waals surface area contributed by atoms with E-state index in [1.807, 2.05) is 119 Å². The fourth-order valence-corrected chi connectivity index (χ4v) is 10.3. The van der Waals surface area contributed by atoms with E-state index in [4.69, 9.17) is 46.4 Å². The minimum Gasteiger partial charge on any atom is -1.00 e. The van der Waals surface area contributed by atoms with Crippen LogP contribution in [-0.2, 0) is 31.7 Å². The van der Waals surface area contributed by atoms with Gasteiger partial charge in [0.05, 0.1) is 23.3 Å². The molecule has 0 amide bonds. The van der Waals surface area contributed by atoms with Crippen molar-refractivity contribution in [2.24, 2.45) is 0 Å². The molecule has 646 valence electrons. The minimum atomic E-state index is -4.94. The third-order valence-electron chi connectivity index (χ3n) is 16.3. The molecule has 0 saturated carbocycles. The van der Waals surface area contributed by atoms with Gasteiger partial charge in [-0.2, -0.15) is 0 Å². The van der Waals surface area contributed by atoms with Gasteiger partial charge in [0.1, 0.15) is 31.9 Å². The van der Waals surface area contributed by atoms with Gasteiger partial charge in [0.25, 0.3) is 0 Å². The second-order valence-corrected chi connectivity index (χ2v) is 27.6. The summed E-state index contributed by atoms with van der Waals surface area (Å²) in [6, 6.07) is 79.8. The molecule has 1 aliphatic rings. The standard InChI is InChI=1S/C39H40N3O.C31H34N3O.C17H17NO.5C2H4.2ClHO4.2HI.2Na.2H2S/c1-40(2)35-21-15-31(16-22-35)12-11-29-7-9-30(10-8-29)13-14-32-27-38(33-17-23-36(24-18-33)41(3)4)43-39(28-32)34-19-25-37(26-20-34)42(5)6;1-32(2)20-19-23-7-9-24(10-8-23)27-21-30(25-11-15-28(16-12-25)33(3)4)35-31(22-27)26-13-17-29(18-14-26)34(5)6;1-18(2)17-11-9-15(10-12-17)4-3-14-5-7-16(13-19)8-6-14;5*1-2;2*2-1(3,4)5;;;;;;/h7-28H,1-6H3;7-22H,1-6H3;3-13H,1-2H3;5*1-2H2;2*(H,2,3,4,5);2*1H;;;2*1H2/q2*+1;;;;;;;;;;;2*+1;;/p-6/b12-11+,14-13+;;4-3+;;;;;;;;;;;;;. The average molecular weight is 1990 g/mol. The van der Waals surface area contributed by atoms with Crippen LogP contribution in [0.4, 0.5) is 34.1 Å². The van der Waals surface area contributed by atoms with E-state index in [1.54, 1.807) is 0 Å². The monoisotopic (exact) mass is 1990 g/mol. The molecule has 2 heterocycles. The van der Waals surface area contributed by atoms with Crippen LogP contribution in [0.25, 0.3) is 82.3 Å². The van der Waals surface area contributed by atoms with Crippen LogP contribution in [-0.4, -0.2) is 116 Å². The van der Waals surface area contributed by atoms with Crippen molar-refractivity contribution < 1.29 is 183 Å². The van der Waals surface area contributed by atoms with Crippen LogP contribution in [0.1, 0.15) is 54.9 Å². The fourth-order valence-electron chi connectivity index (χ4n) is 10.3. The van der Waals surface area contributed by atoms with Crippen molar-refractivity contribution in [3.63, 3.8) is 0 Å². The number of anilines is 6. The molecule has 0 spiro atoms. The van der Waals surface area contributed by atoms with E-state index in [2.05, 4.69) is 370 Å². The van der Waals surface area contributed by atoms with Crippen LogP contribution in [0.3, 0.4) is 0 Å². The van der Waals surface area contributed by atoms with Gasteiger partial charge >= 0.3 is 70.6 Å². The number of ether oxygens (including phenoxy) is 1. The molecule has 0 fully saturated rings. The molecule has 1 aliphatic heterocycles. The Labute approximate surface area is 827 Å². The van der Waals surface area contributed by atoms with Crippen molar-refractivity contribution in [2.75, 3.05) is 128 Å². The van der Waals surface area contributed by atoms with E-state index >= 15 is 0 Å². The van der Waals surface area contributed by atoms with Crippen molar-refractivity contribution in [3.05, 3.63) is 369 Å². The van der Waals surface area contributed by atoms with Crippen LogP contribution in [0.15, 0.2) is 313 Å². The Hall–Kier alpha value is -8.37. The number of aldehydes is 1. The summed E-state index contributed by atoms with van der Waals surface area (Å²) in [6.45, 7) is 30.0. The second-order valence-electron chi connectivity index (χ2n) is 26.0. The van der Waals surface area contributed by atoms with Gasteiger partial charge < -0.3 is 109 Å². The van der Waals surface area contributed by atoms with Gasteiger partial charge in [-0.3, -0.25) is 4.79 Å². The Morgan fingerprint density at radius 3 is 0.764 bits per heavy atom. The van der Waals surface area contributed by atoms with Gasteiger partial charge in [-0.1, -0.05) is 134 Å². The maximum Gasteiger partial charge on any atom is 1.00 e. The number of carbonyl (C=O) groups is 1. The van der Waals surface area contributed by atoms with Crippen LogP contribution in [0.5, 0.6) is 0 Å². The summed E-state index contributed by atoms with van der Waals surface area (Å²) in [5, 5.41) is 2.32. The number of allylic oxidation sites excluding steroid dienone is 2. The molecule has 123 heavy (non-hydrogen) atoms. The summed E-state index contributed by atoms with van der Waals surface area (Å²) < 4.78 is 82.9. The largest absolute Gasteiger partial charge is 1.00 e. The molecule has 0 saturated heterocycles. The van der Waals surface area contributed by atoms with E-state index in [-0.39, 0.29) is 134 Å². The van der Waals surface area contributed by atoms with E-state index in [0.717, 1.165) is 107 Å². The molecule has 0 radical (unpaired) electrons. The molecule has 18 nitrogen and oxygen atoms in total. The Kier molecular flexibility index (Phi) is 66.2. The molecular weight excluding hydrogens is 1870 g/mol. The predicted molar refractivity (Wildman–Crippen MR) is 493 cm³/mol. The minimum absolute atomic E-state index is 0. The first-order valence-electron chi connectivity index (χ1n) is 36.2. The number of halogens is 4. The Morgan fingerprint density at radius 2 is 0.537 bits per heavy atom. The molecule has 0 atom stereocenters. The van der Waals surface area contributed by atoms with Gasteiger partial charge in [0.2, 0.25) is 0 Å². The number of rotatable bonds is 18. The van der Waals surface area contributed by atoms with Crippen LogP contribution in [0, 0.1) is 20.5 Å². The van der Waals surface area contributed by atoms with E-state index in [1.165, 1.54) is 27.7 Å². The third kappa shape index (κ3) is 48.1. The number of nitrogens with zero attached hydrogens (tertiary/aromatic N) is 7. The van der Waals surface area contributed by atoms with E-state index in [9.17, 15) is 4.79 Å². The molecule has 0 aliphatic carbocycles. The fraction of sp³-hybridized carbons (Fsp3) is 0.144. The molecular formula is C97H113Cl2I2N7Na2O11S2-2. The maximum absolute atomic E-state index is 10.6. The van der Waals surface area contributed by atoms with Crippen molar-refractivity contribution in [2.45, 2.75) is 0 Å². The number of carbonyl (C=O) groups excluding carboxylic acids is 1. The van der Waals surface area contributed by atoms with Crippen LogP contribution in [0.2, 0.25) is 0 Å². The van der Waals surface area contributed by atoms with Crippen molar-refractivity contribution in [1.29, 1.82) is 0 Å². The maximum atomic E-state index is 10.6. The molecule has 0 bridgehead atoms. The molecule has 10 aromatic rings. The molecule has 11 rings (SSSR count). The van der Waals surface area contributed by atoms with Gasteiger partial charge in [-0.15, -0.1) is 86.3 Å². The van der Waals surface area contributed by atoms with Crippen molar-refractivity contribution in [1.82, 2.24) is 0 Å². The smallest absolute Gasteiger partial charge is 1.00 e. The van der Waals surface area contributed by atoms with Crippen LogP contribution < -0.4 is 184 Å². The van der Waals surface area contributed by atoms with Gasteiger partial charge in [0.15, 0.2) is 6.21 Å². The van der Waals surface area contributed by atoms with Crippen LogP contribution >= 0.6 is 0 Å². The molecule has 26 heteroatoms. The van der Waals surface area contributed by atoms with Crippen molar-refractivity contribution >= 4 is 133 Å². The third-order valence-corrected chi connectivity index (χ3v) is 16.3. The number of thiol groups is 2. The van der Waals surface area contributed by atoms with Gasteiger partial charge in [-0.25, -0.2) is 46.3 Å². The molecule has 1 aromatic heterocycles. The normalized spacial score (nSPS) is 10.4.